The molecule has 1 aliphatic carbocycles. The van der Waals surface area contributed by atoms with E-state index in [2.05, 4.69) is 37.3 Å². The van der Waals surface area contributed by atoms with Crippen molar-refractivity contribution in [2.24, 2.45) is 5.41 Å². The number of rotatable bonds is 4. The van der Waals surface area contributed by atoms with Gasteiger partial charge in [-0.1, -0.05) is 43.3 Å². The normalized spacial score (nSPS) is 23.9. The molecule has 1 nitrogen and oxygen atoms in total. The molecular formula is C15H18O. The molecule has 0 radical (unpaired) electrons. The van der Waals surface area contributed by atoms with Gasteiger partial charge in [0.1, 0.15) is 0 Å². The van der Waals surface area contributed by atoms with E-state index in [0.29, 0.717) is 6.42 Å². The van der Waals surface area contributed by atoms with E-state index in [4.69, 9.17) is 0 Å². The van der Waals surface area contributed by atoms with Gasteiger partial charge in [-0.25, -0.2) is 0 Å². The van der Waals surface area contributed by atoms with Gasteiger partial charge in [0.2, 0.25) is 0 Å². The quantitative estimate of drug-likeness (QED) is 0.749. The molecule has 16 heavy (non-hydrogen) atoms. The lowest BCUT2D eigenvalue weighted by Gasteiger charge is -2.20. The van der Waals surface area contributed by atoms with Crippen LogP contribution in [0.3, 0.4) is 0 Å². The molecular weight excluding hydrogens is 196 g/mol. The lowest BCUT2D eigenvalue weighted by atomic mass is 9.84. The Balaban J connectivity index is 1.81. The van der Waals surface area contributed by atoms with Crippen molar-refractivity contribution >= 4 is 5.78 Å². The van der Waals surface area contributed by atoms with Gasteiger partial charge in [0.05, 0.1) is 0 Å². The predicted molar refractivity (Wildman–Crippen MR) is 66.3 cm³/mol. The van der Waals surface area contributed by atoms with Gasteiger partial charge in [0.25, 0.3) is 0 Å². The third-order valence-electron chi connectivity index (χ3n) is 3.31. The average molecular weight is 214 g/mol. The number of hydrogen-bond donors (Lipinski definition) is 0. The number of aryl methyl sites for hydroxylation is 1. The van der Waals surface area contributed by atoms with E-state index in [1.807, 2.05) is 6.07 Å². The Morgan fingerprint density at radius 2 is 2.00 bits per heavy atom. The monoisotopic (exact) mass is 214 g/mol. The van der Waals surface area contributed by atoms with Crippen LogP contribution >= 0.6 is 0 Å². The van der Waals surface area contributed by atoms with Crippen LogP contribution in [0.4, 0.5) is 0 Å². The van der Waals surface area contributed by atoms with Crippen molar-refractivity contribution in [3.63, 3.8) is 0 Å². The molecule has 0 aliphatic heterocycles. The van der Waals surface area contributed by atoms with Crippen molar-refractivity contribution in [2.75, 3.05) is 0 Å². The third kappa shape index (κ3) is 2.82. The molecule has 0 N–H and O–H groups in total. The van der Waals surface area contributed by atoms with Crippen molar-refractivity contribution in [2.45, 2.75) is 32.6 Å². The van der Waals surface area contributed by atoms with Crippen molar-refractivity contribution in [1.82, 2.24) is 0 Å². The molecule has 1 heteroatoms. The van der Waals surface area contributed by atoms with Crippen molar-refractivity contribution < 1.29 is 4.79 Å². The molecule has 1 atom stereocenters. The number of carbonyl (C=O) groups is 1. The fourth-order valence-electron chi connectivity index (χ4n) is 2.32. The fraction of sp³-hybridized carbons (Fsp3) is 0.400. The highest BCUT2D eigenvalue weighted by molar-refractivity contribution is 5.92. The summed E-state index contributed by atoms with van der Waals surface area (Å²) >= 11 is 0. The van der Waals surface area contributed by atoms with Crippen molar-refractivity contribution in [3.8, 4) is 0 Å². The van der Waals surface area contributed by atoms with Crippen LogP contribution in [0.5, 0.6) is 0 Å². The average Bonchev–Trinajstić information content (AvgIpc) is 2.60. The molecule has 1 aliphatic rings. The SMILES string of the molecule is CC1(CCCc2ccccc2)C=CC(=O)C1. The summed E-state index contributed by atoms with van der Waals surface area (Å²) in [5, 5.41) is 0. The zero-order valence-corrected chi connectivity index (χ0v) is 9.78. The Hall–Kier alpha value is -1.37. The molecule has 2 rings (SSSR count). The Morgan fingerprint density at radius 3 is 2.62 bits per heavy atom. The number of carbonyl (C=O) groups excluding carboxylic acids is 1. The first-order valence-corrected chi connectivity index (χ1v) is 5.94. The predicted octanol–water partition coefficient (Wildman–Crippen LogP) is 3.54. The first-order chi connectivity index (χ1) is 7.68. The van der Waals surface area contributed by atoms with Gasteiger partial charge >= 0.3 is 0 Å². The van der Waals surface area contributed by atoms with Gasteiger partial charge in [-0.15, -0.1) is 0 Å². The van der Waals surface area contributed by atoms with Crippen LogP contribution in [0.15, 0.2) is 42.5 Å². The molecule has 0 fully saturated rings. The summed E-state index contributed by atoms with van der Waals surface area (Å²) in [6, 6.07) is 10.5. The van der Waals surface area contributed by atoms with Gasteiger partial charge in [-0.2, -0.15) is 0 Å². The van der Waals surface area contributed by atoms with Crippen LogP contribution in [0.25, 0.3) is 0 Å². The summed E-state index contributed by atoms with van der Waals surface area (Å²) in [4.78, 5) is 11.2. The number of allylic oxidation sites excluding steroid dienone is 2. The minimum atomic E-state index is 0.117. The number of ketones is 1. The van der Waals surface area contributed by atoms with Crippen LogP contribution in [0, 0.1) is 5.41 Å². The van der Waals surface area contributed by atoms with Gasteiger partial charge in [0, 0.05) is 6.42 Å². The largest absolute Gasteiger partial charge is 0.295 e. The second-order valence-corrected chi connectivity index (χ2v) is 4.97. The van der Waals surface area contributed by atoms with E-state index in [0.717, 1.165) is 19.3 Å². The summed E-state index contributed by atoms with van der Waals surface area (Å²) in [6.07, 6.45) is 7.88. The Bertz CT molecular complexity index is 391. The van der Waals surface area contributed by atoms with E-state index in [9.17, 15) is 4.79 Å². The highest BCUT2D eigenvalue weighted by atomic mass is 16.1. The van der Waals surface area contributed by atoms with E-state index in [1.54, 1.807) is 6.08 Å². The summed E-state index contributed by atoms with van der Waals surface area (Å²) in [6.45, 7) is 2.18. The molecule has 1 aromatic carbocycles. The van der Waals surface area contributed by atoms with Gasteiger partial charge < -0.3 is 0 Å². The van der Waals surface area contributed by atoms with Gasteiger partial charge in [0.15, 0.2) is 5.78 Å². The van der Waals surface area contributed by atoms with E-state index >= 15 is 0 Å². The van der Waals surface area contributed by atoms with Gasteiger partial charge in [-0.3, -0.25) is 4.79 Å². The molecule has 0 saturated heterocycles. The Kier molecular flexibility index (Phi) is 3.23. The first-order valence-electron chi connectivity index (χ1n) is 5.94. The van der Waals surface area contributed by atoms with Crippen LogP contribution in [-0.2, 0) is 11.2 Å². The van der Waals surface area contributed by atoms with E-state index in [-0.39, 0.29) is 11.2 Å². The molecule has 0 aromatic heterocycles. The molecule has 0 saturated carbocycles. The highest BCUT2D eigenvalue weighted by Crippen LogP contribution is 2.34. The molecule has 84 valence electrons. The standard InChI is InChI=1S/C15H18O/c1-15(11-9-14(16)12-15)10-5-8-13-6-3-2-4-7-13/h2-4,6-7,9,11H,5,8,10,12H2,1H3. The summed E-state index contributed by atoms with van der Waals surface area (Å²) < 4.78 is 0. The lowest BCUT2D eigenvalue weighted by molar-refractivity contribution is -0.115. The zero-order valence-electron chi connectivity index (χ0n) is 9.78. The lowest BCUT2D eigenvalue weighted by Crippen LogP contribution is -2.12. The zero-order chi connectivity index (χ0) is 11.4. The van der Waals surface area contributed by atoms with Crippen molar-refractivity contribution in [1.29, 1.82) is 0 Å². The summed E-state index contributed by atoms with van der Waals surface area (Å²) in [7, 11) is 0. The van der Waals surface area contributed by atoms with Crippen LogP contribution in [-0.4, -0.2) is 5.78 Å². The topological polar surface area (TPSA) is 17.1 Å². The van der Waals surface area contributed by atoms with E-state index < -0.39 is 0 Å². The first kappa shape index (κ1) is 11.1. The van der Waals surface area contributed by atoms with Crippen molar-refractivity contribution in [3.05, 3.63) is 48.0 Å². The van der Waals surface area contributed by atoms with Gasteiger partial charge in [-0.05, 0) is 36.3 Å². The minimum Gasteiger partial charge on any atom is -0.295 e. The summed E-state index contributed by atoms with van der Waals surface area (Å²) in [5.74, 6) is 0.280. The Morgan fingerprint density at radius 1 is 1.25 bits per heavy atom. The maximum Gasteiger partial charge on any atom is 0.156 e. The number of benzene rings is 1. The van der Waals surface area contributed by atoms with Crippen LogP contribution in [0.1, 0.15) is 31.7 Å². The minimum absolute atomic E-state index is 0.117. The Labute approximate surface area is 97.2 Å². The van der Waals surface area contributed by atoms with Crippen LogP contribution < -0.4 is 0 Å². The molecule has 1 unspecified atom stereocenters. The maximum atomic E-state index is 11.2. The maximum absolute atomic E-state index is 11.2. The number of hydrogen-bond acceptors (Lipinski definition) is 1. The fourth-order valence-corrected chi connectivity index (χ4v) is 2.32. The second-order valence-electron chi connectivity index (χ2n) is 4.97. The van der Waals surface area contributed by atoms with E-state index in [1.165, 1.54) is 5.56 Å². The second kappa shape index (κ2) is 4.65. The summed E-state index contributed by atoms with van der Waals surface area (Å²) in [5.41, 5.74) is 1.51. The molecule has 0 heterocycles. The van der Waals surface area contributed by atoms with Crippen LogP contribution in [0.2, 0.25) is 0 Å². The molecule has 1 aromatic rings. The third-order valence-corrected chi connectivity index (χ3v) is 3.31. The smallest absolute Gasteiger partial charge is 0.156 e. The molecule has 0 bridgehead atoms. The molecule has 0 spiro atoms. The molecule has 0 amide bonds. The highest BCUT2D eigenvalue weighted by Gasteiger charge is 2.27.